The first-order chi connectivity index (χ1) is 16.1. The number of unbranched alkanes of at least 4 members (excludes halogenated alkanes) is 3. The number of hydrogen-bond acceptors (Lipinski definition) is 3. The molecule has 0 atom stereocenters. The topological polar surface area (TPSA) is 49.8 Å². The van der Waals surface area contributed by atoms with Gasteiger partial charge in [-0.1, -0.05) is 57.2 Å². The van der Waals surface area contributed by atoms with Gasteiger partial charge >= 0.3 is 5.97 Å². The minimum atomic E-state index is -0.645. The SMILES string of the molecule is CCCCCCC1CCC(Oc2ccc3cc(CN4CCC(C(=O)O)CC4)ccc3c2)CC1. The van der Waals surface area contributed by atoms with Crippen LogP contribution in [-0.2, 0) is 11.3 Å². The minimum absolute atomic E-state index is 0.169. The van der Waals surface area contributed by atoms with Gasteiger partial charge in [0.2, 0.25) is 0 Å². The zero-order chi connectivity index (χ0) is 23.0. The fourth-order valence-corrected chi connectivity index (χ4v) is 5.63. The van der Waals surface area contributed by atoms with Crippen LogP contribution in [0.5, 0.6) is 5.75 Å². The third-order valence-electron chi connectivity index (χ3n) is 7.78. The van der Waals surface area contributed by atoms with E-state index in [4.69, 9.17) is 4.74 Å². The lowest BCUT2D eigenvalue weighted by Gasteiger charge is -2.30. The maximum atomic E-state index is 11.2. The number of fused-ring (bicyclic) bond motifs is 1. The Morgan fingerprint density at radius 3 is 2.39 bits per heavy atom. The van der Waals surface area contributed by atoms with E-state index < -0.39 is 5.97 Å². The van der Waals surface area contributed by atoms with E-state index in [1.165, 1.54) is 74.1 Å². The summed E-state index contributed by atoms with van der Waals surface area (Å²) in [6.07, 6.45) is 13.8. The largest absolute Gasteiger partial charge is 0.490 e. The number of piperidine rings is 1. The van der Waals surface area contributed by atoms with Gasteiger partial charge in [0.1, 0.15) is 5.75 Å². The van der Waals surface area contributed by atoms with Crippen molar-refractivity contribution < 1.29 is 14.6 Å². The van der Waals surface area contributed by atoms with E-state index in [1.54, 1.807) is 0 Å². The Hall–Kier alpha value is -2.07. The van der Waals surface area contributed by atoms with E-state index in [0.29, 0.717) is 6.10 Å². The number of benzene rings is 2. The quantitative estimate of drug-likeness (QED) is 0.393. The van der Waals surface area contributed by atoms with Crippen molar-refractivity contribution in [2.45, 2.75) is 90.2 Å². The fourth-order valence-electron chi connectivity index (χ4n) is 5.63. The van der Waals surface area contributed by atoms with E-state index in [9.17, 15) is 9.90 Å². The van der Waals surface area contributed by atoms with Crippen molar-refractivity contribution in [3.63, 3.8) is 0 Å². The van der Waals surface area contributed by atoms with E-state index >= 15 is 0 Å². The van der Waals surface area contributed by atoms with Crippen LogP contribution in [0, 0.1) is 11.8 Å². The molecule has 2 aliphatic rings. The summed E-state index contributed by atoms with van der Waals surface area (Å²) < 4.78 is 6.38. The molecule has 1 N–H and O–H groups in total. The first-order valence-electron chi connectivity index (χ1n) is 13.2. The predicted octanol–water partition coefficient (Wildman–Crippen LogP) is 7.04. The van der Waals surface area contributed by atoms with E-state index in [1.807, 2.05) is 0 Å². The molecule has 0 bridgehead atoms. The average Bonchev–Trinajstić information content (AvgIpc) is 2.83. The second-order valence-electron chi connectivity index (χ2n) is 10.3. The van der Waals surface area contributed by atoms with Gasteiger partial charge < -0.3 is 9.84 Å². The molecule has 2 aromatic rings. The van der Waals surface area contributed by atoms with Crippen LogP contribution < -0.4 is 4.74 Å². The molecule has 33 heavy (non-hydrogen) atoms. The number of nitrogens with zero attached hydrogens (tertiary/aromatic N) is 1. The average molecular weight is 452 g/mol. The second kappa shape index (κ2) is 11.9. The van der Waals surface area contributed by atoms with Crippen LogP contribution in [0.4, 0.5) is 0 Å². The summed E-state index contributed by atoms with van der Waals surface area (Å²) in [6, 6.07) is 13.2. The Morgan fingerprint density at radius 1 is 0.939 bits per heavy atom. The van der Waals surface area contributed by atoms with Crippen LogP contribution in [0.3, 0.4) is 0 Å². The first kappa shape index (κ1) is 24.1. The molecule has 0 radical (unpaired) electrons. The van der Waals surface area contributed by atoms with Gasteiger partial charge in [0, 0.05) is 6.54 Å². The number of carboxylic acid groups (broad SMARTS) is 1. The summed E-state index contributed by atoms with van der Waals surface area (Å²) in [5.74, 6) is 1.09. The van der Waals surface area contributed by atoms with E-state index in [0.717, 1.165) is 44.1 Å². The maximum Gasteiger partial charge on any atom is 0.306 e. The van der Waals surface area contributed by atoms with Crippen molar-refractivity contribution in [1.29, 1.82) is 0 Å². The molecule has 1 saturated heterocycles. The van der Waals surface area contributed by atoms with Crippen LogP contribution >= 0.6 is 0 Å². The predicted molar refractivity (Wildman–Crippen MR) is 135 cm³/mol. The van der Waals surface area contributed by atoms with Crippen molar-refractivity contribution in [2.24, 2.45) is 11.8 Å². The molecule has 0 aromatic heterocycles. The van der Waals surface area contributed by atoms with Gasteiger partial charge in [-0.25, -0.2) is 0 Å². The minimum Gasteiger partial charge on any atom is -0.490 e. The van der Waals surface area contributed by atoms with Crippen LogP contribution in [0.15, 0.2) is 36.4 Å². The second-order valence-corrected chi connectivity index (χ2v) is 10.3. The maximum absolute atomic E-state index is 11.2. The zero-order valence-corrected chi connectivity index (χ0v) is 20.3. The number of hydrogen-bond donors (Lipinski definition) is 1. The number of rotatable bonds is 10. The molecule has 1 aliphatic heterocycles. The van der Waals surface area contributed by atoms with E-state index in [-0.39, 0.29) is 5.92 Å². The summed E-state index contributed by atoms with van der Waals surface area (Å²) in [5, 5.41) is 11.7. The fraction of sp³-hybridized carbons (Fsp3) is 0.621. The monoisotopic (exact) mass is 451 g/mol. The molecule has 2 aromatic carbocycles. The Bertz CT molecular complexity index is 895. The molecule has 4 heteroatoms. The molecule has 2 fully saturated rings. The highest BCUT2D eigenvalue weighted by Gasteiger charge is 2.24. The van der Waals surface area contributed by atoms with Crippen LogP contribution in [0.1, 0.15) is 83.1 Å². The van der Waals surface area contributed by atoms with Gasteiger partial charge in [0.15, 0.2) is 0 Å². The molecular weight excluding hydrogens is 410 g/mol. The molecular formula is C29H41NO3. The molecule has 180 valence electrons. The van der Waals surface area contributed by atoms with Gasteiger partial charge in [-0.3, -0.25) is 9.69 Å². The highest BCUT2D eigenvalue weighted by atomic mass is 16.5. The van der Waals surface area contributed by atoms with Crippen molar-refractivity contribution in [1.82, 2.24) is 4.90 Å². The van der Waals surface area contributed by atoms with Crippen molar-refractivity contribution in [3.05, 3.63) is 42.0 Å². The Labute approximate surface area is 199 Å². The molecule has 1 saturated carbocycles. The summed E-state index contributed by atoms with van der Waals surface area (Å²) in [6.45, 7) is 4.90. The normalized spacial score (nSPS) is 22.5. The highest BCUT2D eigenvalue weighted by Crippen LogP contribution is 2.32. The van der Waals surface area contributed by atoms with Crippen LogP contribution in [0.25, 0.3) is 10.8 Å². The number of carboxylic acids is 1. The number of likely N-dealkylation sites (tertiary alicyclic amines) is 1. The van der Waals surface area contributed by atoms with Crippen LogP contribution in [-0.4, -0.2) is 35.2 Å². The molecule has 0 unspecified atom stereocenters. The number of carbonyl (C=O) groups is 1. The summed E-state index contributed by atoms with van der Waals surface area (Å²) in [7, 11) is 0. The van der Waals surface area contributed by atoms with Gasteiger partial charge in [0.05, 0.1) is 12.0 Å². The lowest BCUT2D eigenvalue weighted by molar-refractivity contribution is -0.143. The smallest absolute Gasteiger partial charge is 0.306 e. The Morgan fingerprint density at radius 2 is 1.67 bits per heavy atom. The summed E-state index contributed by atoms with van der Waals surface area (Å²) >= 11 is 0. The summed E-state index contributed by atoms with van der Waals surface area (Å²) in [4.78, 5) is 13.5. The van der Waals surface area contributed by atoms with Crippen molar-refractivity contribution in [3.8, 4) is 5.75 Å². The van der Waals surface area contributed by atoms with Crippen molar-refractivity contribution in [2.75, 3.05) is 13.1 Å². The molecule has 4 rings (SSSR count). The Kier molecular flexibility index (Phi) is 8.66. The Balaban J connectivity index is 1.26. The molecule has 0 amide bonds. The van der Waals surface area contributed by atoms with Gasteiger partial charge in [-0.05, 0) is 92.1 Å². The lowest BCUT2D eigenvalue weighted by Crippen LogP contribution is -2.35. The van der Waals surface area contributed by atoms with Gasteiger partial charge in [0.25, 0.3) is 0 Å². The number of ether oxygens (including phenoxy) is 1. The number of aliphatic carboxylic acids is 1. The third kappa shape index (κ3) is 6.96. The van der Waals surface area contributed by atoms with Crippen molar-refractivity contribution >= 4 is 16.7 Å². The zero-order valence-electron chi connectivity index (χ0n) is 20.3. The lowest BCUT2D eigenvalue weighted by atomic mass is 9.84. The molecule has 0 spiro atoms. The molecule has 1 heterocycles. The first-order valence-corrected chi connectivity index (χ1v) is 13.2. The molecule has 4 nitrogen and oxygen atoms in total. The summed E-state index contributed by atoms with van der Waals surface area (Å²) in [5.41, 5.74) is 1.29. The standard InChI is InChI=1S/C29H41NO3/c1-2-3-4-5-6-22-8-12-27(13-9-22)33-28-14-11-25-19-23(7-10-26(25)20-28)21-30-17-15-24(16-18-30)29(31)32/h7,10-11,14,19-20,22,24,27H,2-6,8-9,12-13,15-18,21H2,1H3,(H,31,32). The molecule has 1 aliphatic carbocycles. The van der Waals surface area contributed by atoms with Gasteiger partial charge in [-0.15, -0.1) is 0 Å². The van der Waals surface area contributed by atoms with Gasteiger partial charge in [-0.2, -0.15) is 0 Å². The third-order valence-corrected chi connectivity index (χ3v) is 7.78. The van der Waals surface area contributed by atoms with E-state index in [2.05, 4.69) is 48.2 Å². The highest BCUT2D eigenvalue weighted by molar-refractivity contribution is 5.84. The van der Waals surface area contributed by atoms with Crippen LogP contribution in [0.2, 0.25) is 0 Å².